The van der Waals surface area contributed by atoms with Crippen molar-refractivity contribution in [2.45, 2.75) is 12.7 Å². The molecule has 1 aliphatic heterocycles. The second-order valence-electron chi connectivity index (χ2n) is 4.97. The molecule has 10 heteroatoms. The van der Waals surface area contributed by atoms with Crippen LogP contribution in [0.25, 0.3) is 11.3 Å². The lowest BCUT2D eigenvalue weighted by Crippen LogP contribution is -2.33. The van der Waals surface area contributed by atoms with E-state index in [1.165, 1.54) is 17.1 Å². The van der Waals surface area contributed by atoms with E-state index >= 15 is 0 Å². The van der Waals surface area contributed by atoms with Gasteiger partial charge in [-0.1, -0.05) is 0 Å². The molecule has 1 aliphatic rings. The lowest BCUT2D eigenvalue weighted by molar-refractivity contribution is -0.0972. The van der Waals surface area contributed by atoms with Gasteiger partial charge in [-0.3, -0.25) is 10.4 Å². The second-order valence-corrected chi connectivity index (χ2v) is 4.97. The first-order valence-electron chi connectivity index (χ1n) is 7.30. The number of aromatic nitrogens is 3. The number of alkyl halides is 2. The van der Waals surface area contributed by atoms with Crippen molar-refractivity contribution in [2.24, 2.45) is 4.99 Å². The summed E-state index contributed by atoms with van der Waals surface area (Å²) in [6.07, 6.45) is 5.94. The molecule has 0 saturated heterocycles. The maximum absolute atomic E-state index is 12.2. The van der Waals surface area contributed by atoms with Crippen LogP contribution in [0.5, 0.6) is 0 Å². The molecular formula is C15H15F2N7O. The zero-order valence-corrected chi connectivity index (χ0v) is 13.1. The quantitative estimate of drug-likeness (QED) is 0.758. The highest BCUT2D eigenvalue weighted by atomic mass is 19.3. The van der Waals surface area contributed by atoms with Crippen molar-refractivity contribution < 1.29 is 13.5 Å². The number of nitrogens with zero attached hydrogens (tertiary/aromatic N) is 4. The number of nitrogens with one attached hydrogen (secondary N) is 3. The van der Waals surface area contributed by atoms with Crippen LogP contribution in [0.15, 0.2) is 47.7 Å². The first kappa shape index (κ1) is 16.6. The molecule has 3 N–H and O–H groups in total. The second kappa shape index (κ2) is 7.07. The highest BCUT2D eigenvalue weighted by molar-refractivity contribution is 5.70. The van der Waals surface area contributed by atoms with E-state index in [1.807, 2.05) is 12.1 Å². The molecular weight excluding hydrogens is 332 g/mol. The Labute approximate surface area is 141 Å². The van der Waals surface area contributed by atoms with Crippen LogP contribution in [0.1, 0.15) is 11.7 Å². The third-order valence-electron chi connectivity index (χ3n) is 3.44. The number of aliphatic imine (C=N–C) groups is 1. The fourth-order valence-corrected chi connectivity index (χ4v) is 2.35. The van der Waals surface area contributed by atoms with Crippen LogP contribution < -0.4 is 16.4 Å². The van der Waals surface area contributed by atoms with Crippen LogP contribution >= 0.6 is 0 Å². The molecule has 0 radical (unpaired) electrons. The zero-order valence-electron chi connectivity index (χ0n) is 13.1. The lowest BCUT2D eigenvalue weighted by Gasteiger charge is -2.20. The molecule has 0 amide bonds. The maximum atomic E-state index is 12.2. The molecule has 0 aromatic carbocycles. The van der Waals surface area contributed by atoms with Crippen LogP contribution in [0.3, 0.4) is 0 Å². The Morgan fingerprint density at radius 1 is 1.36 bits per heavy atom. The van der Waals surface area contributed by atoms with Crippen LogP contribution in [-0.4, -0.2) is 34.5 Å². The first-order chi connectivity index (χ1) is 12.1. The van der Waals surface area contributed by atoms with Gasteiger partial charge in [-0.25, -0.2) is 14.7 Å². The highest BCUT2D eigenvalue weighted by Crippen LogP contribution is 2.21. The number of hydrogen-bond donors (Lipinski definition) is 3. The van der Waals surface area contributed by atoms with E-state index in [0.717, 1.165) is 5.56 Å². The number of halogens is 2. The summed E-state index contributed by atoms with van der Waals surface area (Å²) < 4.78 is 30.1. The smallest absolute Gasteiger partial charge is 0.388 e. The predicted molar refractivity (Wildman–Crippen MR) is 86.1 cm³/mol. The normalized spacial score (nSPS) is 16.3. The monoisotopic (exact) mass is 347 g/mol. The Morgan fingerprint density at radius 2 is 2.12 bits per heavy atom. The molecule has 130 valence electrons. The van der Waals surface area contributed by atoms with Crippen LogP contribution in [0.2, 0.25) is 0 Å². The zero-order chi connectivity index (χ0) is 17.8. The molecule has 0 saturated carbocycles. The van der Waals surface area contributed by atoms with Gasteiger partial charge in [0.05, 0.1) is 17.6 Å². The largest absolute Gasteiger partial charge is 0.415 e. The fourth-order valence-electron chi connectivity index (χ4n) is 2.35. The van der Waals surface area contributed by atoms with Crippen molar-refractivity contribution in [1.82, 2.24) is 20.0 Å². The minimum atomic E-state index is -2.94. The van der Waals surface area contributed by atoms with E-state index in [0.29, 0.717) is 11.4 Å². The van der Waals surface area contributed by atoms with E-state index in [-0.39, 0.29) is 11.5 Å². The minimum Gasteiger partial charge on any atom is -0.415 e. The van der Waals surface area contributed by atoms with E-state index in [9.17, 15) is 8.78 Å². The van der Waals surface area contributed by atoms with Gasteiger partial charge in [0.15, 0.2) is 0 Å². The lowest BCUT2D eigenvalue weighted by atomic mass is 10.1. The van der Waals surface area contributed by atoms with E-state index < -0.39 is 12.7 Å². The summed E-state index contributed by atoms with van der Waals surface area (Å²) in [7, 11) is 1.68. The summed E-state index contributed by atoms with van der Waals surface area (Å²) in [5, 5.41) is 11.0. The summed E-state index contributed by atoms with van der Waals surface area (Å²) >= 11 is 0. The van der Waals surface area contributed by atoms with Crippen molar-refractivity contribution >= 4 is 6.21 Å². The summed E-state index contributed by atoms with van der Waals surface area (Å²) in [6.45, 7) is -2.94. The average Bonchev–Trinajstić information content (AvgIpc) is 2.62. The number of rotatable bonds is 5. The van der Waals surface area contributed by atoms with Gasteiger partial charge in [-0.15, -0.1) is 0 Å². The molecule has 2 aromatic rings. The molecule has 0 fully saturated rings. The number of pyridine rings is 1. The van der Waals surface area contributed by atoms with Gasteiger partial charge in [0.25, 0.3) is 0 Å². The van der Waals surface area contributed by atoms with Crippen molar-refractivity contribution in [3.8, 4) is 11.3 Å². The fraction of sp³-hybridized carbons (Fsp3) is 0.200. The van der Waals surface area contributed by atoms with Crippen molar-refractivity contribution in [3.63, 3.8) is 0 Å². The van der Waals surface area contributed by atoms with E-state index in [4.69, 9.17) is 5.41 Å². The van der Waals surface area contributed by atoms with Gasteiger partial charge in [-0.05, 0) is 18.2 Å². The molecule has 8 nitrogen and oxygen atoms in total. The third-order valence-corrected chi connectivity index (χ3v) is 3.44. The first-order valence-corrected chi connectivity index (χ1v) is 7.30. The van der Waals surface area contributed by atoms with Crippen LogP contribution in [-0.2, 0) is 4.74 Å². The SMILES string of the molecule is CNn1c(-c2ccncc2)cc(C2C=NC(OC(F)F)=CN2)nc1=N. The molecule has 3 rings (SSSR count). The summed E-state index contributed by atoms with van der Waals surface area (Å²) in [5.74, 6) is -0.215. The van der Waals surface area contributed by atoms with Gasteiger partial charge in [-0.2, -0.15) is 8.78 Å². The van der Waals surface area contributed by atoms with E-state index in [2.05, 4.69) is 30.4 Å². The maximum Gasteiger partial charge on any atom is 0.388 e. The Hall–Kier alpha value is -3.30. The highest BCUT2D eigenvalue weighted by Gasteiger charge is 2.18. The Kier molecular flexibility index (Phi) is 4.68. The molecule has 1 atom stereocenters. The topological polar surface area (TPSA) is 100 Å². The third kappa shape index (κ3) is 3.62. The van der Waals surface area contributed by atoms with Gasteiger partial charge in [0.1, 0.15) is 6.04 Å². The number of hydrogen-bond acceptors (Lipinski definition) is 7. The van der Waals surface area contributed by atoms with Crippen LogP contribution in [0, 0.1) is 5.41 Å². The Balaban J connectivity index is 1.94. The summed E-state index contributed by atoms with van der Waals surface area (Å²) in [5.41, 5.74) is 4.94. The molecule has 3 heterocycles. The van der Waals surface area contributed by atoms with E-state index in [1.54, 1.807) is 25.5 Å². The molecule has 0 bridgehead atoms. The Morgan fingerprint density at radius 3 is 2.72 bits per heavy atom. The van der Waals surface area contributed by atoms with Gasteiger partial charge in [0, 0.05) is 31.2 Å². The summed E-state index contributed by atoms with van der Waals surface area (Å²) in [6, 6.07) is 4.92. The molecule has 2 aromatic heterocycles. The standard InChI is InChI=1S/C15H15F2N7O/c1-19-24-12(9-2-4-20-5-3-9)6-10(23-15(24)18)11-7-22-13(8-21-11)25-14(16)17/h2-8,11,14,18-19,21H,1H3. The molecule has 0 aliphatic carbocycles. The molecule has 1 unspecified atom stereocenters. The minimum absolute atomic E-state index is 0.0133. The molecule has 0 spiro atoms. The number of ether oxygens (including phenoxy) is 1. The summed E-state index contributed by atoms with van der Waals surface area (Å²) in [4.78, 5) is 12.0. The average molecular weight is 347 g/mol. The predicted octanol–water partition coefficient (Wildman–Crippen LogP) is 1.35. The Bertz CT molecular complexity index is 864. The van der Waals surface area contributed by atoms with Crippen molar-refractivity contribution in [2.75, 3.05) is 12.5 Å². The van der Waals surface area contributed by atoms with Gasteiger partial charge < -0.3 is 15.5 Å². The van der Waals surface area contributed by atoms with Crippen molar-refractivity contribution in [3.05, 3.63) is 54.0 Å². The van der Waals surface area contributed by atoms with Gasteiger partial charge in [0.2, 0.25) is 11.5 Å². The van der Waals surface area contributed by atoms with Crippen LogP contribution in [0.4, 0.5) is 8.78 Å². The van der Waals surface area contributed by atoms with Crippen molar-refractivity contribution in [1.29, 1.82) is 5.41 Å². The molecule has 25 heavy (non-hydrogen) atoms. The van der Waals surface area contributed by atoms with Gasteiger partial charge >= 0.3 is 6.61 Å².